The van der Waals surface area contributed by atoms with E-state index in [9.17, 15) is 28.0 Å². The van der Waals surface area contributed by atoms with Gasteiger partial charge in [-0.1, -0.05) is 13.0 Å². The number of nitrogens with one attached hydrogen (secondary N) is 1. The molecule has 0 aliphatic rings. The molecule has 0 unspecified atom stereocenters. The average Bonchev–Trinajstić information content (AvgIpc) is 2.61. The molecule has 27 heavy (non-hydrogen) atoms. The number of hydrogen-bond donors (Lipinski definition) is 2. The number of rotatable bonds is 8. The molecule has 0 aromatic heterocycles. The van der Waals surface area contributed by atoms with E-state index in [0.717, 1.165) is 26.4 Å². The topological polar surface area (TPSA) is 125 Å². The van der Waals surface area contributed by atoms with E-state index in [2.05, 4.69) is 14.8 Å². The molecule has 148 valence electrons. The molecule has 0 saturated carbocycles. The number of methoxy groups -OCH3 is 2. The lowest BCUT2D eigenvalue weighted by molar-refractivity contribution is -0.162. The molecular weight excluding hydrogens is 366 g/mol. The van der Waals surface area contributed by atoms with Crippen molar-refractivity contribution in [2.75, 3.05) is 14.2 Å². The summed E-state index contributed by atoms with van der Waals surface area (Å²) < 4.78 is 35.6. The first-order valence-corrected chi connectivity index (χ1v) is 7.80. The molecule has 0 aliphatic carbocycles. The second kappa shape index (κ2) is 9.60. The van der Waals surface area contributed by atoms with Gasteiger partial charge in [-0.2, -0.15) is 0 Å². The minimum absolute atomic E-state index is 0.109. The highest BCUT2D eigenvalue weighted by Gasteiger charge is 2.41. The highest BCUT2D eigenvalue weighted by molar-refractivity contribution is 5.97. The first-order valence-electron chi connectivity index (χ1n) is 7.80. The van der Waals surface area contributed by atoms with Gasteiger partial charge >= 0.3 is 11.9 Å². The van der Waals surface area contributed by atoms with Crippen molar-refractivity contribution in [3.8, 4) is 0 Å². The Labute approximate surface area is 154 Å². The summed E-state index contributed by atoms with van der Waals surface area (Å²) >= 11 is 0. The zero-order chi connectivity index (χ0) is 20.7. The Bertz CT molecular complexity index is 724. The SMILES string of the molecule is COC(=O)C(C(=O)OC)[C@H](C)[C@H](NC(=O)Cc1ccc(F)cc1F)C(N)=O. The van der Waals surface area contributed by atoms with Crippen molar-refractivity contribution in [2.45, 2.75) is 19.4 Å². The monoisotopic (exact) mass is 386 g/mol. The van der Waals surface area contributed by atoms with E-state index in [-0.39, 0.29) is 5.56 Å². The maximum Gasteiger partial charge on any atom is 0.320 e. The number of benzene rings is 1. The van der Waals surface area contributed by atoms with E-state index >= 15 is 0 Å². The van der Waals surface area contributed by atoms with Crippen LogP contribution in [0.15, 0.2) is 18.2 Å². The van der Waals surface area contributed by atoms with E-state index in [1.54, 1.807) is 0 Å². The summed E-state index contributed by atoms with van der Waals surface area (Å²) in [5.74, 6) is -8.14. The lowest BCUT2D eigenvalue weighted by Crippen LogP contribution is -2.53. The molecule has 0 heterocycles. The van der Waals surface area contributed by atoms with Crippen molar-refractivity contribution in [3.05, 3.63) is 35.4 Å². The quantitative estimate of drug-likeness (QED) is 0.481. The van der Waals surface area contributed by atoms with Crippen LogP contribution in [-0.4, -0.2) is 44.0 Å². The minimum Gasteiger partial charge on any atom is -0.468 e. The van der Waals surface area contributed by atoms with Gasteiger partial charge in [-0.15, -0.1) is 0 Å². The fraction of sp³-hybridized carbons (Fsp3) is 0.412. The lowest BCUT2D eigenvalue weighted by Gasteiger charge is -2.26. The molecule has 1 aromatic carbocycles. The number of halogens is 2. The van der Waals surface area contributed by atoms with Gasteiger partial charge < -0.3 is 20.5 Å². The molecule has 1 rings (SSSR count). The number of hydrogen-bond acceptors (Lipinski definition) is 6. The zero-order valence-corrected chi connectivity index (χ0v) is 15.0. The largest absolute Gasteiger partial charge is 0.468 e. The Morgan fingerprint density at radius 3 is 2.11 bits per heavy atom. The summed E-state index contributed by atoms with van der Waals surface area (Å²) in [6, 6.07) is 1.23. The normalized spacial score (nSPS) is 12.8. The Kier molecular flexibility index (Phi) is 7.82. The maximum absolute atomic E-state index is 13.7. The molecule has 0 radical (unpaired) electrons. The summed E-state index contributed by atoms with van der Waals surface area (Å²) in [6.45, 7) is 1.33. The molecule has 0 saturated heterocycles. The average molecular weight is 386 g/mol. The van der Waals surface area contributed by atoms with Gasteiger partial charge in [0, 0.05) is 12.0 Å². The second-order valence-electron chi connectivity index (χ2n) is 5.74. The standard InChI is InChI=1S/C17H20F2N2O6/c1-8(13(16(24)26-2)17(25)27-3)14(15(20)23)21-12(22)6-9-4-5-10(18)7-11(9)19/h4-5,7-8,13-14H,6H2,1-3H3,(H2,20,23)(H,21,22)/t8-,14-/m0/s1. The third kappa shape index (κ3) is 5.73. The number of esters is 2. The molecule has 0 bridgehead atoms. The summed E-state index contributed by atoms with van der Waals surface area (Å²) in [4.78, 5) is 47.6. The summed E-state index contributed by atoms with van der Waals surface area (Å²) in [7, 11) is 2.08. The highest BCUT2D eigenvalue weighted by Crippen LogP contribution is 2.20. The molecule has 10 heteroatoms. The van der Waals surface area contributed by atoms with Crippen molar-refractivity contribution < 1.29 is 37.4 Å². The van der Waals surface area contributed by atoms with Crippen molar-refractivity contribution in [2.24, 2.45) is 17.6 Å². The maximum atomic E-state index is 13.7. The fourth-order valence-corrected chi connectivity index (χ4v) is 2.50. The van der Waals surface area contributed by atoms with E-state index in [4.69, 9.17) is 5.73 Å². The first kappa shape index (κ1) is 22.0. The number of ether oxygens (including phenoxy) is 2. The first-order chi connectivity index (χ1) is 12.6. The van der Waals surface area contributed by atoms with Crippen molar-refractivity contribution in [1.29, 1.82) is 0 Å². The van der Waals surface area contributed by atoms with Crippen LogP contribution in [0.1, 0.15) is 12.5 Å². The van der Waals surface area contributed by atoms with Gasteiger partial charge in [0.25, 0.3) is 0 Å². The number of carbonyl (C=O) groups is 4. The summed E-state index contributed by atoms with van der Waals surface area (Å²) in [5.41, 5.74) is 5.16. The van der Waals surface area contributed by atoms with Crippen LogP contribution in [-0.2, 0) is 35.1 Å². The van der Waals surface area contributed by atoms with Crippen LogP contribution in [0.2, 0.25) is 0 Å². The molecule has 8 nitrogen and oxygen atoms in total. The fourth-order valence-electron chi connectivity index (χ4n) is 2.50. The van der Waals surface area contributed by atoms with E-state index < -0.39 is 59.7 Å². The number of amides is 2. The minimum atomic E-state index is -1.51. The van der Waals surface area contributed by atoms with Gasteiger partial charge in [0.1, 0.15) is 17.7 Å². The molecule has 2 amide bonds. The van der Waals surface area contributed by atoms with Crippen LogP contribution in [0.5, 0.6) is 0 Å². The molecule has 1 aromatic rings. The third-order valence-electron chi connectivity index (χ3n) is 3.95. The highest BCUT2D eigenvalue weighted by atomic mass is 19.1. The van der Waals surface area contributed by atoms with Crippen LogP contribution in [0.4, 0.5) is 8.78 Å². The number of nitrogens with two attached hydrogens (primary N) is 1. The second-order valence-corrected chi connectivity index (χ2v) is 5.74. The van der Waals surface area contributed by atoms with Crippen LogP contribution >= 0.6 is 0 Å². The van der Waals surface area contributed by atoms with Crippen LogP contribution in [0.3, 0.4) is 0 Å². The lowest BCUT2D eigenvalue weighted by atomic mass is 9.86. The predicted molar refractivity (Wildman–Crippen MR) is 87.9 cm³/mol. The van der Waals surface area contributed by atoms with Gasteiger partial charge in [-0.3, -0.25) is 19.2 Å². The zero-order valence-electron chi connectivity index (χ0n) is 15.0. The van der Waals surface area contributed by atoms with Gasteiger partial charge in [0.2, 0.25) is 11.8 Å². The summed E-state index contributed by atoms with van der Waals surface area (Å²) in [5, 5.41) is 2.26. The Balaban J connectivity index is 2.99. The molecular formula is C17H20F2N2O6. The van der Waals surface area contributed by atoms with E-state index in [0.29, 0.717) is 6.07 Å². The van der Waals surface area contributed by atoms with Crippen LogP contribution in [0, 0.1) is 23.5 Å². The Morgan fingerprint density at radius 1 is 1.11 bits per heavy atom. The predicted octanol–water partition coefficient (Wildman–Crippen LogP) is 0.0757. The van der Waals surface area contributed by atoms with Gasteiger partial charge in [-0.05, 0) is 11.6 Å². The smallest absolute Gasteiger partial charge is 0.320 e. The molecule has 2 atom stereocenters. The van der Waals surface area contributed by atoms with Crippen LogP contribution in [0.25, 0.3) is 0 Å². The van der Waals surface area contributed by atoms with E-state index in [1.165, 1.54) is 6.92 Å². The number of carbonyl (C=O) groups excluding carboxylic acids is 4. The molecule has 0 spiro atoms. The van der Waals surface area contributed by atoms with Gasteiger partial charge in [0.05, 0.1) is 20.6 Å². The number of primary amides is 1. The third-order valence-corrected chi connectivity index (χ3v) is 3.95. The summed E-state index contributed by atoms with van der Waals surface area (Å²) in [6.07, 6.45) is -0.510. The van der Waals surface area contributed by atoms with Crippen LogP contribution < -0.4 is 11.1 Å². The Hall–Kier alpha value is -3.04. The van der Waals surface area contributed by atoms with Gasteiger partial charge in [0.15, 0.2) is 5.92 Å². The van der Waals surface area contributed by atoms with Gasteiger partial charge in [-0.25, -0.2) is 8.78 Å². The van der Waals surface area contributed by atoms with E-state index in [1.807, 2.05) is 0 Å². The molecule has 0 fully saturated rings. The molecule has 3 N–H and O–H groups in total. The Morgan fingerprint density at radius 2 is 1.67 bits per heavy atom. The van der Waals surface area contributed by atoms with Crippen molar-refractivity contribution in [1.82, 2.24) is 5.32 Å². The molecule has 0 aliphatic heterocycles. The van der Waals surface area contributed by atoms with Crippen molar-refractivity contribution in [3.63, 3.8) is 0 Å². The van der Waals surface area contributed by atoms with Crippen molar-refractivity contribution >= 4 is 23.8 Å².